The molecule has 1 aliphatic heterocycles. The van der Waals surface area contributed by atoms with E-state index in [0.717, 1.165) is 31.7 Å². The van der Waals surface area contributed by atoms with Crippen molar-refractivity contribution >= 4 is 17.4 Å². The topological polar surface area (TPSA) is 41.6 Å². The van der Waals surface area contributed by atoms with E-state index >= 15 is 0 Å². The Morgan fingerprint density at radius 2 is 2.05 bits per heavy atom. The van der Waals surface area contributed by atoms with Crippen molar-refractivity contribution in [3.05, 3.63) is 28.3 Å². The van der Waals surface area contributed by atoms with Gasteiger partial charge in [-0.1, -0.05) is 11.6 Å². The van der Waals surface area contributed by atoms with E-state index in [1.807, 2.05) is 19.9 Å². The summed E-state index contributed by atoms with van der Waals surface area (Å²) >= 11 is 6.15. The molecule has 1 unspecified atom stereocenters. The van der Waals surface area contributed by atoms with E-state index in [0.29, 0.717) is 16.3 Å². The van der Waals surface area contributed by atoms with Crippen molar-refractivity contribution in [2.24, 2.45) is 0 Å². The first-order chi connectivity index (χ1) is 9.54. The lowest BCUT2D eigenvalue weighted by atomic mass is 10.0. The second kappa shape index (κ2) is 6.57. The molecule has 1 fully saturated rings. The lowest BCUT2D eigenvalue weighted by molar-refractivity contribution is 0.0817. The Morgan fingerprint density at radius 3 is 2.65 bits per heavy atom. The molecule has 0 saturated carbocycles. The first kappa shape index (κ1) is 15.3. The van der Waals surface area contributed by atoms with Crippen molar-refractivity contribution in [1.29, 1.82) is 0 Å². The minimum Gasteiger partial charge on any atom is -0.496 e. The quantitative estimate of drug-likeness (QED) is 0.864. The van der Waals surface area contributed by atoms with Gasteiger partial charge in [0.15, 0.2) is 5.78 Å². The number of halogens is 1. The highest BCUT2D eigenvalue weighted by molar-refractivity contribution is 6.31. The van der Waals surface area contributed by atoms with Crippen molar-refractivity contribution < 1.29 is 9.53 Å². The number of piperazine rings is 1. The maximum absolute atomic E-state index is 12.7. The standard InChI is InChI=1S/C15H21ClN2O2/c1-10-8-14(20-3)12(9-13(10)16)15(19)11(2)18-6-4-17-5-7-18/h8-9,11,17H,4-7H2,1-3H3. The Balaban J connectivity index is 2.25. The molecule has 1 atom stereocenters. The van der Waals surface area contributed by atoms with E-state index in [1.165, 1.54) is 0 Å². The van der Waals surface area contributed by atoms with Gasteiger partial charge in [0.1, 0.15) is 5.75 Å². The summed E-state index contributed by atoms with van der Waals surface area (Å²) in [7, 11) is 1.58. The number of hydrogen-bond acceptors (Lipinski definition) is 4. The number of nitrogens with one attached hydrogen (secondary N) is 1. The van der Waals surface area contributed by atoms with Crippen LogP contribution in [0.5, 0.6) is 5.75 Å². The van der Waals surface area contributed by atoms with E-state index in [9.17, 15) is 4.79 Å². The van der Waals surface area contributed by atoms with Crippen LogP contribution < -0.4 is 10.1 Å². The molecule has 2 rings (SSSR count). The Labute approximate surface area is 125 Å². The molecule has 1 aromatic rings. The third kappa shape index (κ3) is 3.14. The predicted molar refractivity (Wildman–Crippen MR) is 81.0 cm³/mol. The summed E-state index contributed by atoms with van der Waals surface area (Å²) in [6.45, 7) is 7.45. The summed E-state index contributed by atoms with van der Waals surface area (Å²) < 4.78 is 5.33. The third-order valence-corrected chi connectivity index (χ3v) is 4.23. The van der Waals surface area contributed by atoms with Crippen molar-refractivity contribution in [3.63, 3.8) is 0 Å². The molecule has 110 valence electrons. The lowest BCUT2D eigenvalue weighted by Crippen LogP contribution is -2.50. The molecule has 0 amide bonds. The molecule has 0 aliphatic carbocycles. The molecule has 1 N–H and O–H groups in total. The van der Waals surface area contributed by atoms with Gasteiger partial charge in [-0.15, -0.1) is 0 Å². The van der Waals surface area contributed by atoms with Gasteiger partial charge in [-0.25, -0.2) is 0 Å². The van der Waals surface area contributed by atoms with Gasteiger partial charge in [-0.3, -0.25) is 9.69 Å². The van der Waals surface area contributed by atoms with E-state index in [4.69, 9.17) is 16.3 Å². The Hall–Kier alpha value is -1.10. The molecule has 1 aromatic carbocycles. The molecular weight excluding hydrogens is 276 g/mol. The summed E-state index contributed by atoms with van der Waals surface area (Å²) in [6.07, 6.45) is 0. The van der Waals surface area contributed by atoms with Gasteiger partial charge in [0, 0.05) is 31.2 Å². The monoisotopic (exact) mass is 296 g/mol. The summed E-state index contributed by atoms with van der Waals surface area (Å²) in [4.78, 5) is 14.9. The van der Waals surface area contributed by atoms with Crippen LogP contribution in [0.15, 0.2) is 12.1 Å². The number of carbonyl (C=O) groups is 1. The number of methoxy groups -OCH3 is 1. The molecule has 0 aromatic heterocycles. The van der Waals surface area contributed by atoms with Gasteiger partial charge in [0.05, 0.1) is 18.7 Å². The van der Waals surface area contributed by atoms with E-state index in [2.05, 4.69) is 10.2 Å². The number of hydrogen-bond donors (Lipinski definition) is 1. The smallest absolute Gasteiger partial charge is 0.183 e. The fourth-order valence-corrected chi connectivity index (χ4v) is 2.64. The molecule has 1 aliphatic rings. The normalized spacial score (nSPS) is 17.8. The van der Waals surface area contributed by atoms with Gasteiger partial charge >= 0.3 is 0 Å². The number of rotatable bonds is 4. The van der Waals surface area contributed by atoms with E-state index in [1.54, 1.807) is 13.2 Å². The van der Waals surface area contributed by atoms with Crippen LogP contribution in [0.4, 0.5) is 0 Å². The fraction of sp³-hybridized carbons (Fsp3) is 0.533. The first-order valence-corrected chi connectivity index (χ1v) is 7.25. The van der Waals surface area contributed by atoms with Gasteiger partial charge < -0.3 is 10.1 Å². The van der Waals surface area contributed by atoms with Crippen molar-refractivity contribution in [2.75, 3.05) is 33.3 Å². The summed E-state index contributed by atoms with van der Waals surface area (Å²) in [6, 6.07) is 3.38. The average molecular weight is 297 g/mol. The highest BCUT2D eigenvalue weighted by Crippen LogP contribution is 2.28. The van der Waals surface area contributed by atoms with Crippen LogP contribution in [-0.4, -0.2) is 50.0 Å². The molecule has 5 heteroatoms. The van der Waals surface area contributed by atoms with E-state index < -0.39 is 0 Å². The number of carbonyl (C=O) groups excluding carboxylic acids is 1. The van der Waals surface area contributed by atoms with Crippen LogP contribution in [0.3, 0.4) is 0 Å². The number of Topliss-reactive ketones (excluding diaryl/α,β-unsaturated/α-hetero) is 1. The molecular formula is C15H21ClN2O2. The first-order valence-electron chi connectivity index (χ1n) is 6.87. The minimum absolute atomic E-state index is 0.0608. The summed E-state index contributed by atoms with van der Waals surface area (Å²) in [5.74, 6) is 0.657. The molecule has 4 nitrogen and oxygen atoms in total. The minimum atomic E-state index is -0.162. The van der Waals surface area contributed by atoms with Crippen LogP contribution in [0.2, 0.25) is 5.02 Å². The number of ketones is 1. The molecule has 20 heavy (non-hydrogen) atoms. The van der Waals surface area contributed by atoms with Crippen LogP contribution in [0.1, 0.15) is 22.8 Å². The molecule has 0 spiro atoms. The fourth-order valence-electron chi connectivity index (χ4n) is 2.48. The largest absolute Gasteiger partial charge is 0.496 e. The van der Waals surface area contributed by atoms with Crippen molar-refractivity contribution in [2.45, 2.75) is 19.9 Å². The second-order valence-electron chi connectivity index (χ2n) is 5.13. The Morgan fingerprint density at radius 1 is 1.40 bits per heavy atom. The maximum Gasteiger partial charge on any atom is 0.183 e. The molecule has 0 radical (unpaired) electrons. The number of nitrogens with zero attached hydrogens (tertiary/aromatic N) is 1. The Kier molecular flexibility index (Phi) is 5.02. The third-order valence-electron chi connectivity index (χ3n) is 3.82. The van der Waals surface area contributed by atoms with Gasteiger partial charge in [-0.2, -0.15) is 0 Å². The van der Waals surface area contributed by atoms with Crippen LogP contribution >= 0.6 is 11.6 Å². The zero-order chi connectivity index (χ0) is 14.7. The number of benzene rings is 1. The summed E-state index contributed by atoms with van der Waals surface area (Å²) in [5, 5.41) is 3.89. The number of aryl methyl sites for hydroxylation is 1. The van der Waals surface area contributed by atoms with Crippen LogP contribution in [0.25, 0.3) is 0 Å². The van der Waals surface area contributed by atoms with Gasteiger partial charge in [-0.05, 0) is 31.5 Å². The SMILES string of the molecule is COc1cc(C)c(Cl)cc1C(=O)C(C)N1CCNCC1. The average Bonchev–Trinajstić information content (AvgIpc) is 2.49. The number of ether oxygens (including phenoxy) is 1. The maximum atomic E-state index is 12.7. The highest BCUT2D eigenvalue weighted by Gasteiger charge is 2.26. The van der Waals surface area contributed by atoms with Crippen LogP contribution in [0, 0.1) is 6.92 Å². The molecule has 1 heterocycles. The Bertz CT molecular complexity index is 499. The van der Waals surface area contributed by atoms with Crippen molar-refractivity contribution in [3.8, 4) is 5.75 Å². The lowest BCUT2D eigenvalue weighted by Gasteiger charge is -2.32. The van der Waals surface area contributed by atoms with E-state index in [-0.39, 0.29) is 11.8 Å². The van der Waals surface area contributed by atoms with Gasteiger partial charge in [0.2, 0.25) is 0 Å². The zero-order valence-electron chi connectivity index (χ0n) is 12.2. The predicted octanol–water partition coefficient (Wildman–Crippen LogP) is 2.13. The molecule has 1 saturated heterocycles. The second-order valence-corrected chi connectivity index (χ2v) is 5.54. The zero-order valence-corrected chi connectivity index (χ0v) is 13.0. The van der Waals surface area contributed by atoms with Gasteiger partial charge in [0.25, 0.3) is 0 Å². The van der Waals surface area contributed by atoms with Crippen molar-refractivity contribution in [1.82, 2.24) is 10.2 Å². The molecule has 0 bridgehead atoms. The summed E-state index contributed by atoms with van der Waals surface area (Å²) in [5.41, 5.74) is 1.48. The highest BCUT2D eigenvalue weighted by atomic mass is 35.5. The van der Waals surface area contributed by atoms with Crippen LogP contribution in [-0.2, 0) is 0 Å².